The first-order valence-electron chi connectivity index (χ1n) is 3.61. The first-order valence-corrected chi connectivity index (χ1v) is 3.61. The van der Waals surface area contributed by atoms with Gasteiger partial charge in [0.15, 0.2) is 0 Å². The van der Waals surface area contributed by atoms with Crippen LogP contribution in [0.2, 0.25) is 0 Å². The van der Waals surface area contributed by atoms with E-state index in [0.29, 0.717) is 10.3 Å². The summed E-state index contributed by atoms with van der Waals surface area (Å²) < 4.78 is 0.405. The molecule has 0 saturated carbocycles. The molecule has 4 nitrogen and oxygen atoms in total. The molecule has 1 amide bonds. The molecule has 1 aromatic carbocycles. The maximum Gasteiger partial charge on any atom is 0.469 e. The number of para-hydroxylation sites is 1. The van der Waals surface area contributed by atoms with Crippen molar-refractivity contribution in [1.29, 1.82) is 0 Å². The zero-order valence-corrected chi connectivity index (χ0v) is 6.28. The number of hydrogen-bond donors (Lipinski definition) is 1. The first kappa shape index (κ1) is 6.97. The van der Waals surface area contributed by atoms with Crippen LogP contribution in [0.4, 0.5) is 5.69 Å². The third kappa shape index (κ3) is 0.887. The molecule has 0 fully saturated rings. The van der Waals surface area contributed by atoms with Gasteiger partial charge in [-0.15, -0.1) is 0 Å². The average molecular weight is 163 g/mol. The lowest BCUT2D eigenvalue weighted by atomic mass is 10.1. The molecule has 1 heterocycles. The Morgan fingerprint density at radius 2 is 2.08 bits per heavy atom. The van der Waals surface area contributed by atoms with E-state index in [4.69, 9.17) is 0 Å². The molecule has 0 bridgehead atoms. The largest absolute Gasteiger partial charge is 0.469 e. The second-order valence-electron chi connectivity index (χ2n) is 2.56. The summed E-state index contributed by atoms with van der Waals surface area (Å²) in [6.07, 6.45) is 0. The topological polar surface area (TPSA) is 49.2 Å². The molecule has 60 valence electrons. The van der Waals surface area contributed by atoms with Crippen LogP contribution in [-0.4, -0.2) is 17.3 Å². The van der Waals surface area contributed by atoms with Crippen molar-refractivity contribution in [3.63, 3.8) is 0 Å². The van der Waals surface area contributed by atoms with Gasteiger partial charge in [-0.25, -0.2) is 4.79 Å². The number of nitrogens with zero attached hydrogens (tertiary/aromatic N) is 1. The molecule has 0 unspecified atom stereocenters. The number of rotatable bonds is 0. The summed E-state index contributed by atoms with van der Waals surface area (Å²) in [5.74, 6) is -0.468. The molecule has 1 aliphatic heterocycles. The van der Waals surface area contributed by atoms with Crippen LogP contribution >= 0.6 is 0 Å². The van der Waals surface area contributed by atoms with Gasteiger partial charge in [0, 0.05) is 4.91 Å². The zero-order chi connectivity index (χ0) is 8.55. The van der Waals surface area contributed by atoms with Crippen LogP contribution in [0.3, 0.4) is 0 Å². The van der Waals surface area contributed by atoms with Gasteiger partial charge in [0.05, 0.1) is 10.4 Å². The summed E-state index contributed by atoms with van der Waals surface area (Å²) in [7, 11) is 0. The molecule has 12 heavy (non-hydrogen) atoms. The highest BCUT2D eigenvalue weighted by atomic mass is 16.3. The molecule has 0 saturated heterocycles. The minimum Gasteiger partial charge on any atom is -0.326 e. The van der Waals surface area contributed by atoms with Crippen LogP contribution < -0.4 is 5.32 Å². The highest BCUT2D eigenvalue weighted by Gasteiger charge is 2.31. The lowest BCUT2D eigenvalue weighted by Gasteiger charge is -2.08. The Bertz CT molecular complexity index is 360. The van der Waals surface area contributed by atoms with Gasteiger partial charge in [0.1, 0.15) is 5.56 Å². The maximum atomic E-state index is 11.2. The van der Waals surface area contributed by atoms with Crippen LogP contribution in [-0.2, 0) is 0 Å². The van der Waals surface area contributed by atoms with Gasteiger partial charge < -0.3 is 5.32 Å². The predicted molar refractivity (Wildman–Crippen MR) is 42.9 cm³/mol. The standard InChI is InChI=1S/C8H6N2O2/c11-8-6-3-1-2-4-7(6)9-5-10(8)12/h1-4H,5H2/p+1. The number of fused-ring (bicyclic) bond motifs is 1. The Labute approximate surface area is 68.8 Å². The Kier molecular flexibility index (Phi) is 1.40. The van der Waals surface area contributed by atoms with E-state index in [1.54, 1.807) is 18.2 Å². The van der Waals surface area contributed by atoms with E-state index in [9.17, 15) is 9.70 Å². The average Bonchev–Trinajstić information content (AvgIpc) is 2.12. The van der Waals surface area contributed by atoms with Crippen LogP contribution in [0.15, 0.2) is 24.3 Å². The normalized spacial score (nSPS) is 15.3. The lowest BCUT2D eigenvalue weighted by molar-refractivity contribution is -0.445. The Balaban J connectivity index is 2.56. The summed E-state index contributed by atoms with van der Waals surface area (Å²) >= 11 is 0. The van der Waals surface area contributed by atoms with E-state index in [1.807, 2.05) is 6.07 Å². The molecule has 0 aromatic heterocycles. The second kappa shape index (κ2) is 2.41. The van der Waals surface area contributed by atoms with Crippen LogP contribution in [0.25, 0.3) is 0 Å². The molecule has 1 aromatic rings. The fourth-order valence-corrected chi connectivity index (χ4v) is 1.19. The number of nitroso groups, excluding NO2 is 1. The van der Waals surface area contributed by atoms with Crippen molar-refractivity contribution in [3.05, 3.63) is 34.7 Å². The lowest BCUT2D eigenvalue weighted by Crippen LogP contribution is -2.30. The Hall–Kier alpha value is -1.71. The molecular weight excluding hydrogens is 156 g/mol. The number of nitrogens with one attached hydrogen (secondary N) is 1. The van der Waals surface area contributed by atoms with E-state index < -0.39 is 5.91 Å². The molecular formula is C8H7N2O2+. The molecule has 1 aliphatic rings. The number of anilines is 1. The second-order valence-corrected chi connectivity index (χ2v) is 2.56. The molecule has 0 aliphatic carbocycles. The number of hydrogen-bond acceptors (Lipinski definition) is 3. The molecule has 0 spiro atoms. The van der Waals surface area contributed by atoms with Crippen molar-refractivity contribution in [2.24, 2.45) is 0 Å². The van der Waals surface area contributed by atoms with Gasteiger partial charge in [-0.05, 0) is 12.1 Å². The summed E-state index contributed by atoms with van der Waals surface area (Å²) in [6, 6.07) is 6.96. The Morgan fingerprint density at radius 3 is 2.92 bits per heavy atom. The smallest absolute Gasteiger partial charge is 0.326 e. The van der Waals surface area contributed by atoms with Crippen molar-refractivity contribution in [2.45, 2.75) is 0 Å². The molecule has 2 rings (SSSR count). The number of carbonyl (C=O) groups excluding carboxylic acids is 1. The number of carbonyl (C=O) groups is 1. The summed E-state index contributed by atoms with van der Waals surface area (Å²) in [5.41, 5.74) is 1.17. The highest BCUT2D eigenvalue weighted by molar-refractivity contribution is 5.95. The van der Waals surface area contributed by atoms with Crippen LogP contribution in [0, 0.1) is 4.91 Å². The molecule has 0 radical (unpaired) electrons. The molecule has 4 heteroatoms. The number of benzene rings is 1. The van der Waals surface area contributed by atoms with Gasteiger partial charge in [-0.2, -0.15) is 0 Å². The third-order valence-electron chi connectivity index (χ3n) is 1.80. The highest BCUT2D eigenvalue weighted by Crippen LogP contribution is 2.18. The van der Waals surface area contributed by atoms with Crippen molar-refractivity contribution in [1.82, 2.24) is 0 Å². The monoisotopic (exact) mass is 163 g/mol. The molecule has 1 N–H and O–H groups in total. The molecule has 0 atom stereocenters. The van der Waals surface area contributed by atoms with Crippen molar-refractivity contribution < 1.29 is 9.55 Å². The van der Waals surface area contributed by atoms with Gasteiger partial charge in [-0.1, -0.05) is 12.1 Å². The van der Waals surface area contributed by atoms with Gasteiger partial charge in [-0.3, -0.25) is 0 Å². The predicted octanol–water partition coefficient (Wildman–Crippen LogP) is 0.989. The van der Waals surface area contributed by atoms with Gasteiger partial charge >= 0.3 is 5.91 Å². The number of amides is 1. The van der Waals surface area contributed by atoms with Crippen molar-refractivity contribution in [2.75, 3.05) is 12.0 Å². The van der Waals surface area contributed by atoms with Gasteiger partial charge in [0.2, 0.25) is 0 Å². The minimum atomic E-state index is -0.468. The van der Waals surface area contributed by atoms with E-state index in [-0.39, 0.29) is 6.67 Å². The van der Waals surface area contributed by atoms with Crippen LogP contribution in [0.5, 0.6) is 0 Å². The maximum absolute atomic E-state index is 11.2. The fourth-order valence-electron chi connectivity index (χ4n) is 1.19. The summed E-state index contributed by atoms with van der Waals surface area (Å²) in [5, 5.41) is 2.84. The van der Waals surface area contributed by atoms with E-state index in [0.717, 1.165) is 5.69 Å². The zero-order valence-electron chi connectivity index (χ0n) is 6.28. The first-order chi connectivity index (χ1) is 5.79. The fraction of sp³-hybridized carbons (Fsp3) is 0.125. The van der Waals surface area contributed by atoms with E-state index in [2.05, 4.69) is 5.32 Å². The van der Waals surface area contributed by atoms with Crippen molar-refractivity contribution >= 4 is 11.6 Å². The van der Waals surface area contributed by atoms with E-state index in [1.165, 1.54) is 0 Å². The summed E-state index contributed by atoms with van der Waals surface area (Å²) in [6.45, 7) is 0.0375. The third-order valence-corrected chi connectivity index (χ3v) is 1.80. The Morgan fingerprint density at radius 1 is 1.33 bits per heavy atom. The van der Waals surface area contributed by atoms with Crippen molar-refractivity contribution in [3.8, 4) is 0 Å². The van der Waals surface area contributed by atoms with Crippen LogP contribution in [0.1, 0.15) is 10.4 Å². The van der Waals surface area contributed by atoms with Gasteiger partial charge in [0.25, 0.3) is 6.67 Å². The quantitative estimate of drug-likeness (QED) is 0.580. The van der Waals surface area contributed by atoms with E-state index >= 15 is 0 Å². The summed E-state index contributed by atoms with van der Waals surface area (Å²) in [4.78, 5) is 22.1. The SMILES string of the molecule is O=C1c2ccccc2NC[N+]1=O. The minimum absolute atomic E-state index is 0.0375.